The van der Waals surface area contributed by atoms with Gasteiger partial charge in [-0.05, 0) is 19.1 Å². The highest BCUT2D eigenvalue weighted by molar-refractivity contribution is 5.99. The fraction of sp³-hybridized carbons (Fsp3) is 0.231. The molecule has 1 amide bonds. The van der Waals surface area contributed by atoms with Crippen molar-refractivity contribution in [1.82, 2.24) is 15.1 Å². The Kier molecular flexibility index (Phi) is 3.41. The summed E-state index contributed by atoms with van der Waals surface area (Å²) in [4.78, 5) is 11.9. The Labute approximate surface area is 110 Å². The van der Waals surface area contributed by atoms with Gasteiger partial charge in [0.1, 0.15) is 17.1 Å². The molecule has 2 rings (SSSR count). The molecule has 0 fully saturated rings. The van der Waals surface area contributed by atoms with Gasteiger partial charge in [0.05, 0.1) is 5.69 Å². The van der Waals surface area contributed by atoms with Crippen molar-refractivity contribution in [2.45, 2.75) is 13.5 Å². The normalized spacial score (nSPS) is 10.4. The molecular weight excluding hydrogens is 246 g/mol. The lowest BCUT2D eigenvalue weighted by atomic mass is 10.1. The van der Waals surface area contributed by atoms with Crippen molar-refractivity contribution < 1.29 is 15.0 Å². The molecule has 0 aliphatic rings. The Morgan fingerprint density at radius 1 is 1.37 bits per heavy atom. The lowest BCUT2D eigenvalue weighted by Crippen LogP contribution is -2.23. The molecule has 0 saturated heterocycles. The van der Waals surface area contributed by atoms with E-state index in [2.05, 4.69) is 10.4 Å². The van der Waals surface area contributed by atoms with Crippen LogP contribution < -0.4 is 5.32 Å². The summed E-state index contributed by atoms with van der Waals surface area (Å²) in [5.41, 5.74) is 1.58. The lowest BCUT2D eigenvalue weighted by Gasteiger charge is -2.07. The average molecular weight is 261 g/mol. The molecule has 1 aromatic carbocycles. The molecule has 100 valence electrons. The molecule has 0 aliphatic heterocycles. The van der Waals surface area contributed by atoms with Gasteiger partial charge in [-0.3, -0.25) is 9.48 Å². The van der Waals surface area contributed by atoms with Gasteiger partial charge in [-0.25, -0.2) is 0 Å². The van der Waals surface area contributed by atoms with E-state index in [0.29, 0.717) is 0 Å². The number of phenols is 2. The first-order chi connectivity index (χ1) is 8.99. The summed E-state index contributed by atoms with van der Waals surface area (Å²) < 4.78 is 1.66. The standard InChI is InChI=1S/C13H15N3O3/c1-8-9(7-16(2)15-8)6-14-13(19)12-10(17)4-3-5-11(12)18/h3-5,7,17-18H,6H2,1-2H3,(H,14,19). The van der Waals surface area contributed by atoms with Gasteiger partial charge in [0.2, 0.25) is 0 Å². The first kappa shape index (κ1) is 12.9. The maximum Gasteiger partial charge on any atom is 0.259 e. The van der Waals surface area contributed by atoms with E-state index in [0.717, 1.165) is 11.3 Å². The summed E-state index contributed by atoms with van der Waals surface area (Å²) in [5.74, 6) is -1.03. The number of nitrogens with zero attached hydrogens (tertiary/aromatic N) is 2. The largest absolute Gasteiger partial charge is 0.507 e. The van der Waals surface area contributed by atoms with E-state index in [1.165, 1.54) is 18.2 Å². The minimum Gasteiger partial charge on any atom is -0.507 e. The first-order valence-electron chi connectivity index (χ1n) is 5.77. The number of phenolic OH excluding ortho intramolecular Hbond substituents is 2. The molecule has 0 bridgehead atoms. The zero-order valence-electron chi connectivity index (χ0n) is 10.7. The van der Waals surface area contributed by atoms with Crippen molar-refractivity contribution >= 4 is 5.91 Å². The van der Waals surface area contributed by atoms with Gasteiger partial charge in [0, 0.05) is 25.4 Å². The summed E-state index contributed by atoms with van der Waals surface area (Å²) in [6.45, 7) is 2.13. The number of nitrogens with one attached hydrogen (secondary N) is 1. The predicted molar refractivity (Wildman–Crippen MR) is 68.9 cm³/mol. The Balaban J connectivity index is 2.12. The fourth-order valence-electron chi connectivity index (χ4n) is 1.85. The van der Waals surface area contributed by atoms with E-state index in [-0.39, 0.29) is 23.6 Å². The summed E-state index contributed by atoms with van der Waals surface area (Å²) >= 11 is 0. The quantitative estimate of drug-likeness (QED) is 0.771. The van der Waals surface area contributed by atoms with E-state index in [9.17, 15) is 15.0 Å². The summed E-state index contributed by atoms with van der Waals surface area (Å²) in [6.07, 6.45) is 1.81. The van der Waals surface area contributed by atoms with E-state index in [1.54, 1.807) is 17.9 Å². The maximum absolute atomic E-state index is 11.9. The van der Waals surface area contributed by atoms with Crippen LogP contribution in [0.5, 0.6) is 11.5 Å². The van der Waals surface area contributed by atoms with E-state index >= 15 is 0 Å². The van der Waals surface area contributed by atoms with Gasteiger partial charge >= 0.3 is 0 Å². The third-order valence-corrected chi connectivity index (χ3v) is 2.80. The minimum atomic E-state index is -0.529. The van der Waals surface area contributed by atoms with Gasteiger partial charge < -0.3 is 15.5 Å². The van der Waals surface area contributed by atoms with Crippen LogP contribution in [0.1, 0.15) is 21.6 Å². The third kappa shape index (κ3) is 2.67. The van der Waals surface area contributed by atoms with Gasteiger partial charge in [0.25, 0.3) is 5.91 Å². The van der Waals surface area contributed by atoms with Crippen LogP contribution >= 0.6 is 0 Å². The number of aromatic nitrogens is 2. The van der Waals surface area contributed by atoms with Crippen molar-refractivity contribution in [3.63, 3.8) is 0 Å². The zero-order chi connectivity index (χ0) is 14.0. The average Bonchev–Trinajstić information content (AvgIpc) is 2.65. The minimum absolute atomic E-state index is 0.121. The molecule has 0 spiro atoms. The monoisotopic (exact) mass is 261 g/mol. The van der Waals surface area contributed by atoms with Crippen LogP contribution in [0.25, 0.3) is 0 Å². The van der Waals surface area contributed by atoms with Crippen LogP contribution in [0, 0.1) is 6.92 Å². The smallest absolute Gasteiger partial charge is 0.259 e. The Bertz CT molecular complexity index is 599. The summed E-state index contributed by atoms with van der Waals surface area (Å²) in [7, 11) is 1.80. The topological polar surface area (TPSA) is 87.4 Å². The molecule has 1 aromatic heterocycles. The predicted octanol–water partition coefficient (Wildman–Crippen LogP) is 1.07. The molecule has 6 heteroatoms. The van der Waals surface area contributed by atoms with Gasteiger partial charge in [0.15, 0.2) is 0 Å². The van der Waals surface area contributed by atoms with Crippen LogP contribution in [0.2, 0.25) is 0 Å². The highest BCUT2D eigenvalue weighted by atomic mass is 16.3. The van der Waals surface area contributed by atoms with Crippen LogP contribution in [-0.4, -0.2) is 25.9 Å². The van der Waals surface area contributed by atoms with Crippen molar-refractivity contribution in [2.24, 2.45) is 7.05 Å². The van der Waals surface area contributed by atoms with Crippen molar-refractivity contribution in [2.75, 3.05) is 0 Å². The number of aryl methyl sites for hydroxylation is 2. The second-order valence-corrected chi connectivity index (χ2v) is 4.27. The van der Waals surface area contributed by atoms with Crippen LogP contribution in [0.3, 0.4) is 0 Å². The van der Waals surface area contributed by atoms with Crippen molar-refractivity contribution in [3.05, 3.63) is 41.2 Å². The number of benzene rings is 1. The molecular formula is C13H15N3O3. The number of carbonyl (C=O) groups is 1. The maximum atomic E-state index is 11.9. The molecule has 0 saturated carbocycles. The Hall–Kier alpha value is -2.50. The molecule has 0 atom stereocenters. The van der Waals surface area contributed by atoms with E-state index in [1.807, 2.05) is 6.92 Å². The molecule has 3 N–H and O–H groups in total. The van der Waals surface area contributed by atoms with Gasteiger partial charge in [-0.2, -0.15) is 5.10 Å². The van der Waals surface area contributed by atoms with Gasteiger partial charge in [-0.15, -0.1) is 0 Å². The van der Waals surface area contributed by atoms with Crippen molar-refractivity contribution in [3.8, 4) is 11.5 Å². The molecule has 2 aromatic rings. The second kappa shape index (κ2) is 5.01. The SMILES string of the molecule is Cc1nn(C)cc1CNC(=O)c1c(O)cccc1O. The number of aromatic hydroxyl groups is 2. The van der Waals surface area contributed by atoms with E-state index < -0.39 is 5.91 Å². The fourth-order valence-corrected chi connectivity index (χ4v) is 1.85. The Morgan fingerprint density at radius 3 is 2.53 bits per heavy atom. The number of hydrogen-bond donors (Lipinski definition) is 3. The molecule has 1 heterocycles. The second-order valence-electron chi connectivity index (χ2n) is 4.27. The lowest BCUT2D eigenvalue weighted by molar-refractivity contribution is 0.0945. The number of rotatable bonds is 3. The summed E-state index contributed by atoms with van der Waals surface area (Å²) in [6, 6.07) is 4.17. The highest BCUT2D eigenvalue weighted by Crippen LogP contribution is 2.25. The first-order valence-corrected chi connectivity index (χ1v) is 5.77. The molecule has 0 aliphatic carbocycles. The highest BCUT2D eigenvalue weighted by Gasteiger charge is 2.16. The van der Waals surface area contributed by atoms with E-state index in [4.69, 9.17) is 0 Å². The number of amides is 1. The molecule has 0 unspecified atom stereocenters. The zero-order valence-corrected chi connectivity index (χ0v) is 10.7. The van der Waals surface area contributed by atoms with Crippen LogP contribution in [0.4, 0.5) is 0 Å². The van der Waals surface area contributed by atoms with Crippen LogP contribution in [0.15, 0.2) is 24.4 Å². The van der Waals surface area contributed by atoms with Gasteiger partial charge in [-0.1, -0.05) is 6.07 Å². The summed E-state index contributed by atoms with van der Waals surface area (Å²) in [5, 5.41) is 26.0. The molecule has 6 nitrogen and oxygen atoms in total. The molecule has 19 heavy (non-hydrogen) atoms. The van der Waals surface area contributed by atoms with Crippen LogP contribution in [-0.2, 0) is 13.6 Å². The number of carbonyl (C=O) groups excluding carboxylic acids is 1. The Morgan fingerprint density at radius 2 is 2.00 bits per heavy atom. The van der Waals surface area contributed by atoms with Crippen molar-refractivity contribution in [1.29, 1.82) is 0 Å². The number of hydrogen-bond acceptors (Lipinski definition) is 4. The third-order valence-electron chi connectivity index (χ3n) is 2.80. The molecule has 0 radical (unpaired) electrons.